The molecule has 0 spiro atoms. The largest absolute Gasteiger partial charge is 0.506 e. The van der Waals surface area contributed by atoms with E-state index in [1.807, 2.05) is 27.7 Å². The quantitative estimate of drug-likeness (QED) is 0.815. The van der Waals surface area contributed by atoms with E-state index in [4.69, 9.17) is 0 Å². The molecule has 0 aliphatic rings. The van der Waals surface area contributed by atoms with Gasteiger partial charge >= 0.3 is 6.18 Å². The molecule has 2 rings (SSSR count). The monoisotopic (exact) mass is 352 g/mol. The molecule has 6 heteroatoms. The highest BCUT2D eigenvalue weighted by atomic mass is 19.4. The third-order valence-corrected chi connectivity index (χ3v) is 3.98. The third-order valence-electron chi connectivity index (χ3n) is 3.98. The second kappa shape index (κ2) is 7.04. The summed E-state index contributed by atoms with van der Waals surface area (Å²) in [5, 5.41) is 13.2. The lowest BCUT2D eigenvalue weighted by Gasteiger charge is -2.32. The summed E-state index contributed by atoms with van der Waals surface area (Å²) in [6, 6.07) is 8.27. The summed E-state index contributed by atoms with van der Waals surface area (Å²) in [4.78, 5) is 4.28. The number of aromatic nitrogens is 1. The molecular formula is C19H23F3N2O. The Hall–Kier alpha value is -2.08. The maximum atomic E-state index is 13.0. The van der Waals surface area contributed by atoms with Crippen LogP contribution in [-0.4, -0.2) is 10.1 Å². The van der Waals surface area contributed by atoms with Gasteiger partial charge in [-0.05, 0) is 42.2 Å². The Labute approximate surface area is 145 Å². The van der Waals surface area contributed by atoms with Gasteiger partial charge in [-0.1, -0.05) is 32.9 Å². The lowest BCUT2D eigenvalue weighted by Crippen LogP contribution is -2.32. The van der Waals surface area contributed by atoms with E-state index in [1.54, 1.807) is 18.2 Å². The number of pyridine rings is 1. The number of alkyl halides is 3. The van der Waals surface area contributed by atoms with Gasteiger partial charge in [0.1, 0.15) is 5.75 Å². The van der Waals surface area contributed by atoms with Gasteiger partial charge < -0.3 is 10.4 Å². The lowest BCUT2D eigenvalue weighted by atomic mass is 9.82. The number of hydrogen-bond acceptors (Lipinski definition) is 3. The number of aryl methyl sites for hydroxylation is 1. The molecule has 2 N–H and O–H groups in total. The Kier molecular flexibility index (Phi) is 5.42. The van der Waals surface area contributed by atoms with Crippen LogP contribution in [0.15, 0.2) is 36.4 Å². The van der Waals surface area contributed by atoms with Crippen molar-refractivity contribution in [3.63, 3.8) is 0 Å². The SMILES string of the molecule is Cc1ccc(O)c(CNC(c2cccc(C(F)(F)F)c2)C(C)(C)C)n1. The number of aromatic hydroxyl groups is 1. The van der Waals surface area contributed by atoms with E-state index in [0.717, 1.165) is 11.8 Å². The molecule has 25 heavy (non-hydrogen) atoms. The summed E-state index contributed by atoms with van der Waals surface area (Å²) in [6.45, 7) is 7.93. The average Bonchev–Trinajstić information content (AvgIpc) is 2.49. The maximum Gasteiger partial charge on any atom is 0.416 e. The molecule has 0 aliphatic carbocycles. The summed E-state index contributed by atoms with van der Waals surface area (Å²) in [5.74, 6) is 0.0646. The summed E-state index contributed by atoms with van der Waals surface area (Å²) >= 11 is 0. The first-order valence-electron chi connectivity index (χ1n) is 8.04. The fourth-order valence-corrected chi connectivity index (χ4v) is 2.75. The van der Waals surface area contributed by atoms with Gasteiger partial charge in [0.25, 0.3) is 0 Å². The molecule has 0 saturated heterocycles. The molecule has 1 aromatic carbocycles. The normalized spacial score (nSPS) is 13.7. The molecule has 3 nitrogen and oxygen atoms in total. The van der Waals surface area contributed by atoms with Crippen LogP contribution in [0.3, 0.4) is 0 Å². The van der Waals surface area contributed by atoms with Crippen molar-refractivity contribution < 1.29 is 18.3 Å². The summed E-state index contributed by atoms with van der Waals surface area (Å²) in [5.41, 5.74) is 0.790. The third kappa shape index (κ3) is 4.95. The molecule has 0 amide bonds. The molecular weight excluding hydrogens is 329 g/mol. The van der Waals surface area contributed by atoms with Crippen molar-refractivity contribution in [2.75, 3.05) is 0 Å². The zero-order chi connectivity index (χ0) is 18.8. The van der Waals surface area contributed by atoms with Crippen LogP contribution in [0.5, 0.6) is 5.75 Å². The summed E-state index contributed by atoms with van der Waals surface area (Å²) < 4.78 is 39.0. The predicted molar refractivity (Wildman–Crippen MR) is 91.1 cm³/mol. The Morgan fingerprint density at radius 1 is 1.12 bits per heavy atom. The molecule has 0 aliphatic heterocycles. The highest BCUT2D eigenvalue weighted by molar-refractivity contribution is 5.30. The Balaban J connectivity index is 2.30. The minimum atomic E-state index is -4.38. The second-order valence-corrected chi connectivity index (χ2v) is 7.22. The predicted octanol–water partition coefficient (Wildman–Crippen LogP) is 4.99. The van der Waals surface area contributed by atoms with Crippen LogP contribution < -0.4 is 5.32 Å². The minimum absolute atomic E-state index is 0.0646. The van der Waals surface area contributed by atoms with E-state index >= 15 is 0 Å². The Bertz CT molecular complexity index is 736. The summed E-state index contributed by atoms with van der Waals surface area (Å²) in [6.07, 6.45) is -4.38. The Morgan fingerprint density at radius 3 is 2.40 bits per heavy atom. The van der Waals surface area contributed by atoms with E-state index in [-0.39, 0.29) is 23.8 Å². The molecule has 1 aromatic heterocycles. The molecule has 1 heterocycles. The second-order valence-electron chi connectivity index (χ2n) is 7.22. The van der Waals surface area contributed by atoms with Gasteiger partial charge in [0, 0.05) is 18.3 Å². The smallest absolute Gasteiger partial charge is 0.416 e. The van der Waals surface area contributed by atoms with Crippen molar-refractivity contribution in [1.82, 2.24) is 10.3 Å². The minimum Gasteiger partial charge on any atom is -0.506 e. The molecule has 1 unspecified atom stereocenters. The van der Waals surface area contributed by atoms with Crippen molar-refractivity contribution in [3.05, 3.63) is 58.9 Å². The van der Waals surface area contributed by atoms with Crippen LogP contribution in [0.2, 0.25) is 0 Å². The molecule has 136 valence electrons. The molecule has 0 bridgehead atoms. The number of nitrogens with zero attached hydrogens (tertiary/aromatic N) is 1. The number of hydrogen-bond donors (Lipinski definition) is 2. The molecule has 1 atom stereocenters. The van der Waals surface area contributed by atoms with Gasteiger partial charge in [0.2, 0.25) is 0 Å². The van der Waals surface area contributed by atoms with E-state index in [0.29, 0.717) is 11.3 Å². The lowest BCUT2D eigenvalue weighted by molar-refractivity contribution is -0.137. The summed E-state index contributed by atoms with van der Waals surface area (Å²) in [7, 11) is 0. The first-order chi connectivity index (χ1) is 11.5. The van der Waals surface area contributed by atoms with Crippen molar-refractivity contribution >= 4 is 0 Å². The van der Waals surface area contributed by atoms with Gasteiger partial charge in [-0.25, -0.2) is 0 Å². The van der Waals surface area contributed by atoms with Gasteiger partial charge in [-0.3, -0.25) is 4.98 Å². The first-order valence-corrected chi connectivity index (χ1v) is 8.04. The number of rotatable bonds is 4. The van der Waals surface area contributed by atoms with Crippen molar-refractivity contribution in [1.29, 1.82) is 0 Å². The van der Waals surface area contributed by atoms with Gasteiger partial charge in [0.05, 0.1) is 11.3 Å². The molecule has 0 radical (unpaired) electrons. The number of benzene rings is 1. The Morgan fingerprint density at radius 2 is 1.80 bits per heavy atom. The average molecular weight is 352 g/mol. The maximum absolute atomic E-state index is 13.0. The van der Waals surface area contributed by atoms with Gasteiger partial charge in [-0.15, -0.1) is 0 Å². The van der Waals surface area contributed by atoms with E-state index < -0.39 is 11.7 Å². The highest BCUT2D eigenvalue weighted by Gasteiger charge is 2.33. The molecule has 2 aromatic rings. The molecule has 0 saturated carbocycles. The topological polar surface area (TPSA) is 45.1 Å². The van der Waals surface area contributed by atoms with Crippen LogP contribution in [0.25, 0.3) is 0 Å². The van der Waals surface area contributed by atoms with E-state index in [9.17, 15) is 18.3 Å². The van der Waals surface area contributed by atoms with Gasteiger partial charge in [0.15, 0.2) is 0 Å². The van der Waals surface area contributed by atoms with Crippen molar-refractivity contribution in [2.45, 2.75) is 46.5 Å². The molecule has 0 fully saturated rings. The van der Waals surface area contributed by atoms with E-state index in [1.165, 1.54) is 12.1 Å². The van der Waals surface area contributed by atoms with Crippen LogP contribution in [0, 0.1) is 12.3 Å². The van der Waals surface area contributed by atoms with E-state index in [2.05, 4.69) is 10.3 Å². The van der Waals surface area contributed by atoms with Crippen molar-refractivity contribution in [3.8, 4) is 5.75 Å². The number of nitrogens with one attached hydrogen (secondary N) is 1. The van der Waals surface area contributed by atoms with Crippen LogP contribution in [-0.2, 0) is 12.7 Å². The standard InChI is InChI=1S/C19H23F3N2O/c1-12-8-9-16(25)15(24-12)11-23-17(18(2,3)4)13-6-5-7-14(10-13)19(20,21)22/h5-10,17,23,25H,11H2,1-4H3. The fraction of sp³-hybridized carbons (Fsp3) is 0.421. The number of halogens is 3. The highest BCUT2D eigenvalue weighted by Crippen LogP contribution is 2.36. The zero-order valence-electron chi connectivity index (χ0n) is 14.8. The zero-order valence-corrected chi connectivity index (χ0v) is 14.8. The van der Waals surface area contributed by atoms with Crippen LogP contribution >= 0.6 is 0 Å². The fourth-order valence-electron chi connectivity index (χ4n) is 2.75. The van der Waals surface area contributed by atoms with Gasteiger partial charge in [-0.2, -0.15) is 13.2 Å². The van der Waals surface area contributed by atoms with Crippen LogP contribution in [0.1, 0.15) is 49.3 Å². The van der Waals surface area contributed by atoms with Crippen LogP contribution in [0.4, 0.5) is 13.2 Å². The first kappa shape index (κ1) is 19.2. The van der Waals surface area contributed by atoms with Crippen molar-refractivity contribution in [2.24, 2.45) is 5.41 Å².